The van der Waals surface area contributed by atoms with Crippen molar-refractivity contribution < 1.29 is 18.7 Å². The fourth-order valence-corrected chi connectivity index (χ4v) is 3.50. The van der Waals surface area contributed by atoms with Crippen molar-refractivity contribution in [2.75, 3.05) is 0 Å². The van der Waals surface area contributed by atoms with E-state index in [4.69, 9.17) is 9.15 Å². The van der Waals surface area contributed by atoms with Crippen LogP contribution < -0.4 is 10.9 Å². The largest absolute Gasteiger partial charge is 0.448 e. The third-order valence-corrected chi connectivity index (χ3v) is 4.60. The predicted molar refractivity (Wildman–Crippen MR) is 65.2 cm³/mol. The van der Waals surface area contributed by atoms with Crippen molar-refractivity contribution in [2.24, 2.45) is 17.8 Å². The van der Waals surface area contributed by atoms with Crippen molar-refractivity contribution in [3.63, 3.8) is 0 Å². The molecule has 7 heteroatoms. The summed E-state index contributed by atoms with van der Waals surface area (Å²) < 4.78 is 10.7. The maximum Gasteiger partial charge on any atom is 0.291 e. The van der Waals surface area contributed by atoms with Crippen LogP contribution in [-0.2, 0) is 9.53 Å². The van der Waals surface area contributed by atoms with Crippen LogP contribution in [0.1, 0.15) is 29.1 Å². The number of oxazole rings is 1. The number of nitrogens with zero attached hydrogens (tertiary/aromatic N) is 1. The lowest BCUT2D eigenvalue weighted by molar-refractivity contribution is -0.127. The van der Waals surface area contributed by atoms with Gasteiger partial charge in [0.25, 0.3) is 5.91 Å². The van der Waals surface area contributed by atoms with E-state index >= 15 is 0 Å². The van der Waals surface area contributed by atoms with Gasteiger partial charge in [-0.05, 0) is 31.6 Å². The second-order valence-electron chi connectivity index (χ2n) is 5.75. The molecule has 1 aliphatic carbocycles. The van der Waals surface area contributed by atoms with Crippen LogP contribution in [0.2, 0.25) is 0 Å². The second kappa shape index (κ2) is 4.05. The van der Waals surface area contributed by atoms with Gasteiger partial charge in [-0.15, -0.1) is 0 Å². The van der Waals surface area contributed by atoms with E-state index < -0.39 is 5.91 Å². The van der Waals surface area contributed by atoms with Crippen LogP contribution in [0.25, 0.3) is 0 Å². The number of fused-ring (bicyclic) bond motifs is 5. The van der Waals surface area contributed by atoms with E-state index in [1.165, 1.54) is 12.8 Å². The highest BCUT2D eigenvalue weighted by molar-refractivity contribution is 5.94. The summed E-state index contributed by atoms with van der Waals surface area (Å²) in [5, 5.41) is 0. The minimum absolute atomic E-state index is 0.0377. The number of aromatic nitrogens is 1. The predicted octanol–water partition coefficient (Wildman–Crippen LogP) is 0.167. The van der Waals surface area contributed by atoms with Gasteiger partial charge in [-0.1, -0.05) is 0 Å². The average Bonchev–Trinajstić information content (AvgIpc) is 2.81. The molecule has 2 N–H and O–H groups in total. The summed E-state index contributed by atoms with van der Waals surface area (Å²) in [5.41, 5.74) is 5.02. The Morgan fingerprint density at radius 2 is 2.15 bits per heavy atom. The highest BCUT2D eigenvalue weighted by Gasteiger charge is 2.64. The summed E-state index contributed by atoms with van der Waals surface area (Å²) >= 11 is 0. The maximum atomic E-state index is 12.1. The molecule has 4 rings (SSSR count). The third-order valence-electron chi connectivity index (χ3n) is 4.60. The number of hydrazine groups is 1. The molecule has 0 unspecified atom stereocenters. The zero-order valence-electron chi connectivity index (χ0n) is 11.0. The molecule has 106 valence electrons. The van der Waals surface area contributed by atoms with E-state index in [0.29, 0.717) is 17.6 Å². The van der Waals surface area contributed by atoms with Crippen LogP contribution in [0, 0.1) is 24.7 Å². The molecule has 3 heterocycles. The first-order valence-corrected chi connectivity index (χ1v) is 6.81. The molecule has 1 aromatic heterocycles. The second-order valence-corrected chi connectivity index (χ2v) is 5.75. The maximum absolute atomic E-state index is 12.1. The van der Waals surface area contributed by atoms with Crippen molar-refractivity contribution in [3.8, 4) is 0 Å². The summed E-state index contributed by atoms with van der Waals surface area (Å²) in [4.78, 5) is 27.7. The van der Waals surface area contributed by atoms with Gasteiger partial charge in [0, 0.05) is 0 Å². The zero-order valence-corrected chi connectivity index (χ0v) is 11.0. The quantitative estimate of drug-likeness (QED) is 0.751. The van der Waals surface area contributed by atoms with Crippen molar-refractivity contribution in [2.45, 2.75) is 32.0 Å². The van der Waals surface area contributed by atoms with Gasteiger partial charge in [0.15, 0.2) is 12.1 Å². The molecule has 3 aliphatic rings. The summed E-state index contributed by atoms with van der Waals surface area (Å²) in [6.45, 7) is 1.64. The molecule has 0 spiro atoms. The summed E-state index contributed by atoms with van der Waals surface area (Å²) in [5.74, 6) is 0.841. The van der Waals surface area contributed by atoms with E-state index in [2.05, 4.69) is 15.8 Å². The topological polar surface area (TPSA) is 93.5 Å². The number of rotatable bonds is 2. The van der Waals surface area contributed by atoms with Crippen LogP contribution in [0.3, 0.4) is 0 Å². The molecule has 1 saturated carbocycles. The van der Waals surface area contributed by atoms with Gasteiger partial charge in [-0.3, -0.25) is 20.4 Å². The van der Waals surface area contributed by atoms with Gasteiger partial charge in [0.1, 0.15) is 5.76 Å². The summed E-state index contributed by atoms with van der Waals surface area (Å²) in [7, 11) is 0. The Hall–Kier alpha value is -1.89. The first-order valence-electron chi connectivity index (χ1n) is 6.81. The molecule has 3 fully saturated rings. The number of hydrogen-bond donors (Lipinski definition) is 2. The Kier molecular flexibility index (Phi) is 2.41. The Morgan fingerprint density at radius 1 is 1.30 bits per heavy atom. The molecule has 5 atom stereocenters. The van der Waals surface area contributed by atoms with Gasteiger partial charge < -0.3 is 9.15 Å². The lowest BCUT2D eigenvalue weighted by atomic mass is 9.89. The van der Waals surface area contributed by atoms with Gasteiger partial charge >= 0.3 is 0 Å². The van der Waals surface area contributed by atoms with Gasteiger partial charge in [-0.2, -0.15) is 0 Å². The van der Waals surface area contributed by atoms with Crippen molar-refractivity contribution in [1.29, 1.82) is 0 Å². The van der Waals surface area contributed by atoms with Crippen LogP contribution in [0.15, 0.2) is 10.8 Å². The zero-order chi connectivity index (χ0) is 13.9. The SMILES string of the molecule is Cc1ocnc1C(=O)NNC(=O)[C@@H]1C[C@@H]2O[C@H]1[C@H]1C[C@H]12. The van der Waals surface area contributed by atoms with Crippen molar-refractivity contribution in [3.05, 3.63) is 17.8 Å². The first kappa shape index (κ1) is 11.9. The van der Waals surface area contributed by atoms with Gasteiger partial charge in [-0.25, -0.2) is 4.98 Å². The van der Waals surface area contributed by atoms with Crippen molar-refractivity contribution >= 4 is 11.8 Å². The molecule has 2 saturated heterocycles. The monoisotopic (exact) mass is 277 g/mol. The fraction of sp³-hybridized carbons (Fsp3) is 0.615. The van der Waals surface area contributed by atoms with E-state index in [9.17, 15) is 9.59 Å². The molecule has 20 heavy (non-hydrogen) atoms. The Bertz CT molecular complexity index is 584. The fourth-order valence-electron chi connectivity index (χ4n) is 3.50. The molecule has 0 radical (unpaired) electrons. The number of hydrogen-bond acceptors (Lipinski definition) is 5. The highest BCUT2D eigenvalue weighted by Crippen LogP contribution is 2.60. The summed E-state index contributed by atoms with van der Waals surface area (Å²) in [6, 6.07) is 0. The molecule has 7 nitrogen and oxygen atoms in total. The van der Waals surface area contributed by atoms with Gasteiger partial charge in [0.2, 0.25) is 5.91 Å². The van der Waals surface area contributed by atoms with E-state index in [1.807, 2.05) is 0 Å². The molecular weight excluding hydrogens is 262 g/mol. The first-order chi connectivity index (χ1) is 9.65. The average molecular weight is 277 g/mol. The standard InChI is InChI=1S/C13H15N3O4/c1-5-10(14-4-19-5)13(18)16-15-12(17)8-3-9-6-2-7(6)11(8)20-9/h4,6-9,11H,2-3H2,1H3,(H,15,17)(H,16,18)/t6-,7+,8-,9+,11+/m1/s1. The van der Waals surface area contributed by atoms with E-state index in [1.54, 1.807) is 6.92 Å². The van der Waals surface area contributed by atoms with Crippen LogP contribution >= 0.6 is 0 Å². The molecular formula is C13H15N3O4. The normalized spacial score (nSPS) is 36.5. The lowest BCUT2D eigenvalue weighted by Crippen LogP contribution is -2.47. The molecule has 1 aromatic rings. The lowest BCUT2D eigenvalue weighted by Gasteiger charge is -2.18. The molecule has 0 aromatic carbocycles. The van der Waals surface area contributed by atoms with Crippen LogP contribution in [0.5, 0.6) is 0 Å². The molecule has 2 aliphatic heterocycles. The Morgan fingerprint density at radius 3 is 2.80 bits per heavy atom. The Balaban J connectivity index is 1.35. The smallest absolute Gasteiger partial charge is 0.291 e. The number of ether oxygens (including phenoxy) is 1. The minimum atomic E-state index is -0.474. The van der Waals surface area contributed by atoms with Gasteiger partial charge in [0.05, 0.1) is 18.1 Å². The number of amides is 2. The van der Waals surface area contributed by atoms with E-state index in [-0.39, 0.29) is 29.7 Å². The van der Waals surface area contributed by atoms with Crippen LogP contribution in [0.4, 0.5) is 0 Å². The summed E-state index contributed by atoms with van der Waals surface area (Å²) in [6.07, 6.45) is 3.42. The molecule has 2 amide bonds. The minimum Gasteiger partial charge on any atom is -0.448 e. The highest BCUT2D eigenvalue weighted by atomic mass is 16.5. The number of carbonyl (C=O) groups excluding carboxylic acids is 2. The number of carbonyl (C=O) groups is 2. The third kappa shape index (κ3) is 1.66. The number of nitrogens with one attached hydrogen (secondary N) is 2. The van der Waals surface area contributed by atoms with Crippen molar-refractivity contribution in [1.82, 2.24) is 15.8 Å². The van der Waals surface area contributed by atoms with Crippen LogP contribution in [-0.4, -0.2) is 29.0 Å². The Labute approximate surface area is 115 Å². The number of aryl methyl sites for hydroxylation is 1. The van der Waals surface area contributed by atoms with E-state index in [0.717, 1.165) is 6.42 Å². The molecule has 2 bridgehead atoms.